The number of rotatable bonds is 2. The Morgan fingerprint density at radius 3 is 2.33 bits per heavy atom. The summed E-state index contributed by atoms with van der Waals surface area (Å²) in [5.41, 5.74) is 3.02. The highest BCUT2D eigenvalue weighted by molar-refractivity contribution is 7.80. The van der Waals surface area contributed by atoms with E-state index >= 15 is 0 Å². The summed E-state index contributed by atoms with van der Waals surface area (Å²) in [6.45, 7) is 3.87. The van der Waals surface area contributed by atoms with Gasteiger partial charge in [-0.1, -0.05) is 29.3 Å². The maximum atomic E-state index is 12.1. The van der Waals surface area contributed by atoms with E-state index in [-0.39, 0.29) is 16.8 Å². The summed E-state index contributed by atoms with van der Waals surface area (Å²) in [4.78, 5) is 12.1. The average Bonchev–Trinajstić information content (AvgIpc) is 2.40. The Kier molecular flexibility index (Phi) is 4.55. The van der Waals surface area contributed by atoms with E-state index in [1.54, 1.807) is 30.3 Å². The van der Waals surface area contributed by atoms with Gasteiger partial charge in [-0.25, -0.2) is 0 Å². The van der Waals surface area contributed by atoms with Crippen molar-refractivity contribution in [3.63, 3.8) is 0 Å². The first kappa shape index (κ1) is 15.0. The Bertz CT molecular complexity index is 678. The van der Waals surface area contributed by atoms with E-state index in [0.29, 0.717) is 11.3 Å². The van der Waals surface area contributed by atoms with Gasteiger partial charge in [0.2, 0.25) is 0 Å². The van der Waals surface area contributed by atoms with Gasteiger partial charge in [0.25, 0.3) is 5.91 Å². The summed E-state index contributed by atoms with van der Waals surface area (Å²) in [6.07, 6.45) is 0. The van der Waals surface area contributed by atoms with Crippen LogP contribution in [0.2, 0.25) is 0 Å². The van der Waals surface area contributed by atoms with Crippen LogP contribution in [-0.4, -0.2) is 16.1 Å². The third-order valence-corrected chi connectivity index (χ3v) is 3.07. The fourth-order valence-electron chi connectivity index (χ4n) is 2.01. The number of para-hydroxylation sites is 2. The fourth-order valence-corrected chi connectivity index (χ4v) is 2.22. The lowest BCUT2D eigenvalue weighted by molar-refractivity contribution is 0.0977. The van der Waals surface area contributed by atoms with Crippen molar-refractivity contribution in [2.45, 2.75) is 13.8 Å². The summed E-state index contributed by atoms with van der Waals surface area (Å²) < 4.78 is 0. The smallest absolute Gasteiger partial charge is 0.257 e. The molecular formula is C16H16N2O2S. The van der Waals surface area contributed by atoms with Crippen LogP contribution in [0.5, 0.6) is 5.75 Å². The number of hydrogen-bond donors (Lipinski definition) is 3. The molecule has 2 aromatic carbocycles. The van der Waals surface area contributed by atoms with E-state index in [0.717, 1.165) is 11.1 Å². The minimum Gasteiger partial charge on any atom is -0.506 e. The number of hydrogen-bond acceptors (Lipinski definition) is 3. The number of aromatic hydroxyl groups is 1. The molecule has 0 bridgehead atoms. The van der Waals surface area contributed by atoms with E-state index in [4.69, 9.17) is 12.2 Å². The summed E-state index contributed by atoms with van der Waals surface area (Å²) in [7, 11) is 0. The van der Waals surface area contributed by atoms with E-state index < -0.39 is 0 Å². The van der Waals surface area contributed by atoms with Crippen molar-refractivity contribution in [1.29, 1.82) is 0 Å². The lowest BCUT2D eigenvalue weighted by Gasteiger charge is -2.11. The number of phenols is 1. The Morgan fingerprint density at radius 2 is 1.71 bits per heavy atom. The molecule has 3 N–H and O–H groups in total. The summed E-state index contributed by atoms with van der Waals surface area (Å²) >= 11 is 5.08. The molecule has 0 saturated carbocycles. The summed E-state index contributed by atoms with van der Waals surface area (Å²) in [5.74, 6) is -0.213. The van der Waals surface area contributed by atoms with Crippen LogP contribution < -0.4 is 10.6 Å². The van der Waals surface area contributed by atoms with Crippen molar-refractivity contribution in [3.05, 3.63) is 59.2 Å². The van der Waals surface area contributed by atoms with Crippen LogP contribution in [0.1, 0.15) is 21.5 Å². The van der Waals surface area contributed by atoms with Gasteiger partial charge in [0.1, 0.15) is 5.75 Å². The zero-order chi connectivity index (χ0) is 15.4. The van der Waals surface area contributed by atoms with Gasteiger partial charge in [-0.15, -0.1) is 0 Å². The molecule has 0 aromatic heterocycles. The monoisotopic (exact) mass is 300 g/mol. The van der Waals surface area contributed by atoms with Crippen LogP contribution in [-0.2, 0) is 0 Å². The van der Waals surface area contributed by atoms with Crippen LogP contribution in [0.25, 0.3) is 0 Å². The van der Waals surface area contributed by atoms with Crippen LogP contribution in [0.15, 0.2) is 42.5 Å². The number of carbonyl (C=O) groups is 1. The molecule has 0 fully saturated rings. The molecule has 0 aliphatic rings. The molecule has 5 heteroatoms. The van der Waals surface area contributed by atoms with Crippen LogP contribution >= 0.6 is 12.2 Å². The van der Waals surface area contributed by atoms with E-state index in [1.165, 1.54) is 6.07 Å². The van der Waals surface area contributed by atoms with Crippen molar-refractivity contribution in [1.82, 2.24) is 5.32 Å². The zero-order valence-electron chi connectivity index (χ0n) is 11.8. The molecule has 21 heavy (non-hydrogen) atoms. The maximum absolute atomic E-state index is 12.1. The van der Waals surface area contributed by atoms with Gasteiger partial charge in [-0.05, 0) is 50.3 Å². The number of aryl methyl sites for hydroxylation is 2. The molecule has 0 atom stereocenters. The molecule has 1 amide bonds. The van der Waals surface area contributed by atoms with Crippen molar-refractivity contribution in [3.8, 4) is 5.75 Å². The molecule has 4 nitrogen and oxygen atoms in total. The van der Waals surface area contributed by atoms with Gasteiger partial charge in [0.15, 0.2) is 5.11 Å². The Morgan fingerprint density at radius 1 is 1.10 bits per heavy atom. The Labute approximate surface area is 128 Å². The minimum absolute atomic E-state index is 0.0699. The van der Waals surface area contributed by atoms with Crippen LogP contribution in [0, 0.1) is 13.8 Å². The predicted molar refractivity (Wildman–Crippen MR) is 87.7 cm³/mol. The van der Waals surface area contributed by atoms with Gasteiger partial charge >= 0.3 is 0 Å². The van der Waals surface area contributed by atoms with E-state index in [2.05, 4.69) is 10.6 Å². The highest BCUT2D eigenvalue weighted by atomic mass is 32.1. The molecule has 0 unspecified atom stereocenters. The lowest BCUT2D eigenvalue weighted by atomic mass is 10.1. The number of amides is 1. The molecule has 2 aromatic rings. The fraction of sp³-hybridized carbons (Fsp3) is 0.125. The normalized spacial score (nSPS) is 10.0. The summed E-state index contributed by atoms with van der Waals surface area (Å²) in [6, 6.07) is 12.3. The number of nitrogens with one attached hydrogen (secondary N) is 2. The number of thiocarbonyl (C=S) groups is 1. The van der Waals surface area contributed by atoms with Crippen LogP contribution in [0.3, 0.4) is 0 Å². The number of benzene rings is 2. The summed E-state index contributed by atoms with van der Waals surface area (Å²) in [5, 5.41) is 15.2. The second-order valence-corrected chi connectivity index (χ2v) is 5.21. The second kappa shape index (κ2) is 6.37. The molecule has 0 saturated heterocycles. The van der Waals surface area contributed by atoms with E-state index in [1.807, 2.05) is 19.9 Å². The highest BCUT2D eigenvalue weighted by Gasteiger charge is 2.10. The van der Waals surface area contributed by atoms with Crippen molar-refractivity contribution >= 4 is 28.9 Å². The Hall–Kier alpha value is -2.40. The number of phenolic OH excluding ortho intramolecular Hbond substituents is 1. The Balaban J connectivity index is 2.06. The van der Waals surface area contributed by atoms with Gasteiger partial charge < -0.3 is 10.4 Å². The molecule has 2 rings (SSSR count). The predicted octanol–water partition coefficient (Wildman–Crippen LogP) is 3.14. The van der Waals surface area contributed by atoms with Crippen molar-refractivity contribution in [2.75, 3.05) is 5.32 Å². The third kappa shape index (κ3) is 4.03. The van der Waals surface area contributed by atoms with Gasteiger partial charge in [0, 0.05) is 5.56 Å². The molecular weight excluding hydrogens is 284 g/mol. The van der Waals surface area contributed by atoms with E-state index in [9.17, 15) is 9.90 Å². The topological polar surface area (TPSA) is 61.4 Å². The number of anilines is 1. The van der Waals surface area contributed by atoms with Crippen molar-refractivity contribution < 1.29 is 9.90 Å². The standard InChI is InChI=1S/C16H16N2O2S/c1-10-7-11(2)9-12(8-10)15(20)18-16(21)17-13-5-3-4-6-14(13)19/h3-9,19H,1-2H3,(H2,17,18,20,21). The van der Waals surface area contributed by atoms with Crippen molar-refractivity contribution in [2.24, 2.45) is 0 Å². The zero-order valence-corrected chi connectivity index (χ0v) is 12.6. The maximum Gasteiger partial charge on any atom is 0.257 e. The first-order valence-corrected chi connectivity index (χ1v) is 6.85. The number of carbonyl (C=O) groups excluding carboxylic acids is 1. The molecule has 0 spiro atoms. The SMILES string of the molecule is Cc1cc(C)cc(C(=O)NC(=S)Nc2ccccc2O)c1. The third-order valence-electron chi connectivity index (χ3n) is 2.86. The largest absolute Gasteiger partial charge is 0.506 e. The van der Waals surface area contributed by atoms with Gasteiger partial charge in [-0.2, -0.15) is 0 Å². The minimum atomic E-state index is -0.283. The molecule has 0 heterocycles. The van der Waals surface area contributed by atoms with Gasteiger partial charge in [0.05, 0.1) is 5.69 Å². The first-order valence-electron chi connectivity index (χ1n) is 6.44. The highest BCUT2D eigenvalue weighted by Crippen LogP contribution is 2.21. The quantitative estimate of drug-likeness (QED) is 0.589. The second-order valence-electron chi connectivity index (χ2n) is 4.80. The van der Waals surface area contributed by atoms with Gasteiger partial charge in [-0.3, -0.25) is 10.1 Å². The molecule has 0 aliphatic heterocycles. The average molecular weight is 300 g/mol. The van der Waals surface area contributed by atoms with Crippen LogP contribution in [0.4, 0.5) is 5.69 Å². The lowest BCUT2D eigenvalue weighted by Crippen LogP contribution is -2.34. The molecule has 108 valence electrons. The first-order chi connectivity index (χ1) is 9.95. The molecule has 0 aliphatic carbocycles. The molecule has 0 radical (unpaired) electrons.